The number of rotatable bonds is 7. The van der Waals surface area contributed by atoms with Crippen LogP contribution >= 0.6 is 0 Å². The summed E-state index contributed by atoms with van der Waals surface area (Å²) >= 11 is 0. The monoisotopic (exact) mass is 439 g/mol. The molecule has 1 amide bonds. The van der Waals surface area contributed by atoms with E-state index in [0.717, 1.165) is 5.56 Å². The maximum absolute atomic E-state index is 13.6. The van der Waals surface area contributed by atoms with Gasteiger partial charge in [0.05, 0.1) is 38.3 Å². The first-order chi connectivity index (χ1) is 15.4. The van der Waals surface area contributed by atoms with Crippen LogP contribution < -0.4 is 19.6 Å². The highest BCUT2D eigenvalue weighted by Gasteiger charge is 2.43. The Labute approximate surface area is 184 Å². The molecule has 1 atom stereocenters. The average molecular weight is 439 g/mol. The lowest BCUT2D eigenvalue weighted by Crippen LogP contribution is -2.31. The van der Waals surface area contributed by atoms with E-state index < -0.39 is 11.9 Å². The van der Waals surface area contributed by atoms with Crippen molar-refractivity contribution < 1.29 is 28.5 Å². The third kappa shape index (κ3) is 3.36. The Bertz CT molecular complexity index is 1220. The molecule has 0 fully saturated rings. The molecule has 0 unspecified atom stereocenters. The number of benzene rings is 2. The highest BCUT2D eigenvalue weighted by molar-refractivity contribution is 5.99. The van der Waals surface area contributed by atoms with Crippen LogP contribution in [0.1, 0.15) is 39.7 Å². The van der Waals surface area contributed by atoms with Gasteiger partial charge in [-0.1, -0.05) is 11.6 Å². The number of nitrogens with zero attached hydrogens (tertiary/aromatic N) is 1. The Morgan fingerprint density at radius 3 is 2.31 bits per heavy atom. The summed E-state index contributed by atoms with van der Waals surface area (Å²) in [6.45, 7) is 2.04. The Morgan fingerprint density at radius 2 is 1.72 bits per heavy atom. The topological polar surface area (TPSA) is 98.4 Å². The van der Waals surface area contributed by atoms with Gasteiger partial charge in [0.25, 0.3) is 5.91 Å². The molecular weight excluding hydrogens is 414 g/mol. The Balaban J connectivity index is 2.00. The summed E-state index contributed by atoms with van der Waals surface area (Å²) in [5.41, 5.74) is 1.89. The first-order valence-electron chi connectivity index (χ1n) is 10.2. The molecule has 0 saturated heterocycles. The standard InChI is InChI=1S/C24H25NO7/c1-13-6-7-16-15(10-13)21(27)19-20(25(8-5-9-26)24(28)23(19)32-16)14-11-17(29-2)22(31-4)18(12-14)30-3/h6-7,10-12,20,26H,5,8-9H2,1-4H3/t20-/m1/s1. The van der Waals surface area contributed by atoms with Crippen LogP contribution in [0.15, 0.2) is 39.5 Å². The zero-order valence-electron chi connectivity index (χ0n) is 18.4. The minimum Gasteiger partial charge on any atom is -0.493 e. The number of hydrogen-bond donors (Lipinski definition) is 1. The van der Waals surface area contributed by atoms with Gasteiger partial charge in [0, 0.05) is 13.2 Å². The van der Waals surface area contributed by atoms with Crippen LogP contribution in [0.25, 0.3) is 11.0 Å². The van der Waals surface area contributed by atoms with E-state index in [2.05, 4.69) is 0 Å². The maximum Gasteiger partial charge on any atom is 0.290 e. The molecule has 1 aliphatic heterocycles. The lowest BCUT2D eigenvalue weighted by Gasteiger charge is -2.26. The van der Waals surface area contributed by atoms with E-state index in [4.69, 9.17) is 18.6 Å². The zero-order valence-corrected chi connectivity index (χ0v) is 18.4. The van der Waals surface area contributed by atoms with Crippen LogP contribution in [-0.2, 0) is 0 Å². The van der Waals surface area contributed by atoms with Gasteiger partial charge in [0.1, 0.15) is 5.58 Å². The van der Waals surface area contributed by atoms with Crippen LogP contribution in [0, 0.1) is 6.92 Å². The van der Waals surface area contributed by atoms with E-state index in [1.165, 1.54) is 26.2 Å². The second-order valence-corrected chi connectivity index (χ2v) is 7.61. The zero-order chi connectivity index (χ0) is 23.0. The number of aliphatic hydroxyl groups excluding tert-OH is 1. The molecule has 0 bridgehead atoms. The first kappa shape index (κ1) is 21.7. The van der Waals surface area contributed by atoms with E-state index in [1.807, 2.05) is 13.0 Å². The van der Waals surface area contributed by atoms with Crippen molar-refractivity contribution in [3.63, 3.8) is 0 Å². The number of amides is 1. The minimum absolute atomic E-state index is 0.0167. The molecule has 2 aromatic carbocycles. The fourth-order valence-corrected chi connectivity index (χ4v) is 4.21. The number of ether oxygens (including phenoxy) is 3. The van der Waals surface area contributed by atoms with E-state index in [-0.39, 0.29) is 29.9 Å². The molecule has 0 radical (unpaired) electrons. The van der Waals surface area contributed by atoms with Gasteiger partial charge in [-0.2, -0.15) is 0 Å². The van der Waals surface area contributed by atoms with Gasteiger partial charge in [-0.25, -0.2) is 0 Å². The normalized spacial score (nSPS) is 15.2. The molecule has 32 heavy (non-hydrogen) atoms. The van der Waals surface area contributed by atoms with E-state index >= 15 is 0 Å². The maximum atomic E-state index is 13.6. The summed E-state index contributed by atoms with van der Waals surface area (Å²) in [6.07, 6.45) is 0.355. The van der Waals surface area contributed by atoms with Crippen molar-refractivity contribution in [3.05, 3.63) is 63.0 Å². The van der Waals surface area contributed by atoms with Crippen LogP contribution in [0.4, 0.5) is 0 Å². The van der Waals surface area contributed by atoms with Crippen molar-refractivity contribution in [1.29, 1.82) is 0 Å². The van der Waals surface area contributed by atoms with Gasteiger partial charge in [0.15, 0.2) is 16.9 Å². The molecular formula is C24H25NO7. The lowest BCUT2D eigenvalue weighted by atomic mass is 9.97. The number of aliphatic hydroxyl groups is 1. The number of hydrogen-bond acceptors (Lipinski definition) is 7. The summed E-state index contributed by atoms with van der Waals surface area (Å²) in [7, 11) is 4.51. The second-order valence-electron chi connectivity index (χ2n) is 7.61. The van der Waals surface area contributed by atoms with E-state index in [0.29, 0.717) is 40.2 Å². The quantitative estimate of drug-likeness (QED) is 0.604. The van der Waals surface area contributed by atoms with Crippen LogP contribution in [-0.4, -0.2) is 50.4 Å². The van der Waals surface area contributed by atoms with Gasteiger partial charge >= 0.3 is 0 Å². The Kier molecular flexibility index (Phi) is 5.80. The van der Waals surface area contributed by atoms with E-state index in [9.17, 15) is 14.7 Å². The molecule has 8 nitrogen and oxygen atoms in total. The number of aryl methyl sites for hydroxylation is 1. The average Bonchev–Trinajstić information content (AvgIpc) is 3.08. The fourth-order valence-electron chi connectivity index (χ4n) is 4.21. The summed E-state index contributed by atoms with van der Waals surface area (Å²) in [5, 5.41) is 9.79. The number of carbonyl (C=O) groups excluding carboxylic acids is 1. The Hall–Kier alpha value is -3.52. The van der Waals surface area contributed by atoms with Gasteiger partial charge < -0.3 is 28.6 Å². The summed E-state index contributed by atoms with van der Waals surface area (Å²) in [6, 6.07) is 8.01. The largest absolute Gasteiger partial charge is 0.493 e. The first-order valence-corrected chi connectivity index (χ1v) is 10.2. The highest BCUT2D eigenvalue weighted by Crippen LogP contribution is 2.45. The predicted octanol–water partition coefficient (Wildman–Crippen LogP) is 3.05. The van der Waals surface area contributed by atoms with Crippen molar-refractivity contribution in [3.8, 4) is 17.2 Å². The number of carbonyl (C=O) groups is 1. The molecule has 1 N–H and O–H groups in total. The molecule has 2 heterocycles. The summed E-state index contributed by atoms with van der Waals surface area (Å²) in [5.74, 6) is 0.845. The molecule has 0 spiro atoms. The molecule has 8 heteroatoms. The van der Waals surface area contributed by atoms with Crippen molar-refractivity contribution >= 4 is 16.9 Å². The van der Waals surface area contributed by atoms with Gasteiger partial charge in [-0.05, 0) is 43.2 Å². The number of methoxy groups -OCH3 is 3. The van der Waals surface area contributed by atoms with Crippen molar-refractivity contribution in [2.45, 2.75) is 19.4 Å². The summed E-state index contributed by atoms with van der Waals surface area (Å²) in [4.78, 5) is 28.4. The molecule has 0 saturated carbocycles. The molecule has 0 aliphatic carbocycles. The lowest BCUT2D eigenvalue weighted by molar-refractivity contribution is 0.0716. The highest BCUT2D eigenvalue weighted by atomic mass is 16.5. The fraction of sp³-hybridized carbons (Fsp3) is 0.333. The third-order valence-corrected chi connectivity index (χ3v) is 5.68. The Morgan fingerprint density at radius 1 is 1.03 bits per heavy atom. The molecule has 1 aliphatic rings. The van der Waals surface area contributed by atoms with Crippen molar-refractivity contribution in [2.75, 3.05) is 34.5 Å². The molecule has 1 aromatic heterocycles. The van der Waals surface area contributed by atoms with Crippen LogP contribution in [0.5, 0.6) is 17.2 Å². The second kappa shape index (κ2) is 8.55. The smallest absolute Gasteiger partial charge is 0.290 e. The summed E-state index contributed by atoms with van der Waals surface area (Å²) < 4.78 is 22.3. The molecule has 3 aromatic rings. The van der Waals surface area contributed by atoms with Gasteiger partial charge in [-0.15, -0.1) is 0 Å². The number of fused-ring (bicyclic) bond motifs is 2. The van der Waals surface area contributed by atoms with E-state index in [1.54, 1.807) is 24.3 Å². The third-order valence-electron chi connectivity index (χ3n) is 5.68. The molecule has 4 rings (SSSR count). The van der Waals surface area contributed by atoms with Crippen LogP contribution in [0.3, 0.4) is 0 Å². The van der Waals surface area contributed by atoms with Crippen molar-refractivity contribution in [1.82, 2.24) is 4.90 Å². The van der Waals surface area contributed by atoms with Gasteiger partial charge in [-0.3, -0.25) is 9.59 Å². The minimum atomic E-state index is -0.723. The predicted molar refractivity (Wildman–Crippen MR) is 118 cm³/mol. The SMILES string of the molecule is COc1cc([C@@H]2c3c(oc4ccc(C)cc4c3=O)C(=O)N2CCCO)cc(OC)c1OC. The van der Waals surface area contributed by atoms with Crippen molar-refractivity contribution in [2.24, 2.45) is 0 Å². The van der Waals surface area contributed by atoms with Crippen LogP contribution in [0.2, 0.25) is 0 Å². The molecule has 168 valence electrons. The van der Waals surface area contributed by atoms with Gasteiger partial charge in [0.2, 0.25) is 11.5 Å².